The Labute approximate surface area is 114 Å². The van der Waals surface area contributed by atoms with Gasteiger partial charge in [-0.3, -0.25) is 0 Å². The largest absolute Gasteiger partial charge is 0.488 e. The van der Waals surface area contributed by atoms with Crippen molar-refractivity contribution in [1.29, 1.82) is 0 Å². The molecule has 2 rings (SSSR count). The molecule has 0 aliphatic heterocycles. The van der Waals surface area contributed by atoms with Gasteiger partial charge in [-0.25, -0.2) is 0 Å². The zero-order valence-corrected chi connectivity index (χ0v) is 11.4. The SMILES string of the molecule is CC(Oc1ccc(Cc2ccccc2)cc1)[C@H](C)O. The highest BCUT2D eigenvalue weighted by atomic mass is 16.5. The summed E-state index contributed by atoms with van der Waals surface area (Å²) in [5.74, 6) is 0.796. The monoisotopic (exact) mass is 256 g/mol. The summed E-state index contributed by atoms with van der Waals surface area (Å²) < 4.78 is 5.63. The van der Waals surface area contributed by atoms with Gasteiger partial charge in [0.15, 0.2) is 0 Å². The molecule has 2 nitrogen and oxygen atoms in total. The van der Waals surface area contributed by atoms with Crippen LogP contribution >= 0.6 is 0 Å². The molecule has 2 aromatic rings. The maximum Gasteiger partial charge on any atom is 0.121 e. The Balaban J connectivity index is 1.99. The highest BCUT2D eigenvalue weighted by Gasteiger charge is 2.09. The van der Waals surface area contributed by atoms with Crippen molar-refractivity contribution >= 4 is 0 Å². The topological polar surface area (TPSA) is 29.5 Å². The molecule has 1 N–H and O–H groups in total. The van der Waals surface area contributed by atoms with Crippen molar-refractivity contribution in [2.75, 3.05) is 0 Å². The lowest BCUT2D eigenvalue weighted by molar-refractivity contribution is 0.0604. The lowest BCUT2D eigenvalue weighted by Gasteiger charge is -2.17. The van der Waals surface area contributed by atoms with E-state index in [0.717, 1.165) is 12.2 Å². The van der Waals surface area contributed by atoms with E-state index in [2.05, 4.69) is 36.4 Å². The molecule has 100 valence electrons. The Hall–Kier alpha value is -1.80. The Morgan fingerprint density at radius 1 is 0.895 bits per heavy atom. The first-order valence-corrected chi connectivity index (χ1v) is 6.63. The molecular formula is C17H20O2. The molecule has 2 heteroatoms. The Bertz CT molecular complexity index is 488. The molecule has 0 amide bonds. The number of benzene rings is 2. The summed E-state index contributed by atoms with van der Waals surface area (Å²) in [5.41, 5.74) is 2.55. The van der Waals surface area contributed by atoms with Gasteiger partial charge >= 0.3 is 0 Å². The van der Waals surface area contributed by atoms with E-state index in [0.29, 0.717) is 0 Å². The summed E-state index contributed by atoms with van der Waals surface area (Å²) in [7, 11) is 0. The fourth-order valence-electron chi connectivity index (χ4n) is 1.83. The molecule has 0 saturated carbocycles. The standard InChI is InChI=1S/C17H20O2/c1-13(18)14(2)19-17-10-8-16(9-11-17)12-15-6-4-3-5-7-15/h3-11,13-14,18H,12H2,1-2H3/t13-,14?/m0/s1. The first-order valence-electron chi connectivity index (χ1n) is 6.63. The van der Waals surface area contributed by atoms with Crippen LogP contribution in [-0.4, -0.2) is 17.3 Å². The van der Waals surface area contributed by atoms with Crippen molar-refractivity contribution in [1.82, 2.24) is 0 Å². The first kappa shape index (κ1) is 13.6. The summed E-state index contributed by atoms with van der Waals surface area (Å²) in [4.78, 5) is 0. The molecule has 0 saturated heterocycles. The Morgan fingerprint density at radius 3 is 2.05 bits per heavy atom. The third-order valence-electron chi connectivity index (χ3n) is 3.18. The molecule has 0 aromatic heterocycles. The second-order valence-electron chi connectivity index (χ2n) is 4.87. The van der Waals surface area contributed by atoms with E-state index in [4.69, 9.17) is 4.74 Å². The first-order chi connectivity index (χ1) is 9.15. The number of aliphatic hydroxyl groups is 1. The van der Waals surface area contributed by atoms with Crippen LogP contribution in [0.25, 0.3) is 0 Å². The zero-order chi connectivity index (χ0) is 13.7. The Morgan fingerprint density at radius 2 is 1.47 bits per heavy atom. The van der Waals surface area contributed by atoms with Crippen molar-refractivity contribution in [3.63, 3.8) is 0 Å². The van der Waals surface area contributed by atoms with Crippen LogP contribution in [0.1, 0.15) is 25.0 Å². The van der Waals surface area contributed by atoms with Crippen LogP contribution in [0.3, 0.4) is 0 Å². The van der Waals surface area contributed by atoms with Gasteiger partial charge in [0.2, 0.25) is 0 Å². The van der Waals surface area contributed by atoms with Gasteiger partial charge in [-0.2, -0.15) is 0 Å². The number of hydrogen-bond donors (Lipinski definition) is 1. The number of ether oxygens (including phenoxy) is 1. The van der Waals surface area contributed by atoms with Gasteiger partial charge < -0.3 is 9.84 Å². The van der Waals surface area contributed by atoms with Gasteiger partial charge in [-0.05, 0) is 43.5 Å². The van der Waals surface area contributed by atoms with E-state index in [1.807, 2.05) is 25.1 Å². The normalized spacial score (nSPS) is 13.8. The molecule has 0 aliphatic carbocycles. The van der Waals surface area contributed by atoms with Gasteiger partial charge in [0.05, 0.1) is 6.10 Å². The minimum atomic E-state index is -0.469. The molecular weight excluding hydrogens is 236 g/mol. The molecule has 2 atom stereocenters. The van der Waals surface area contributed by atoms with Crippen LogP contribution in [0.15, 0.2) is 54.6 Å². The molecule has 1 unspecified atom stereocenters. The van der Waals surface area contributed by atoms with Gasteiger partial charge in [0.25, 0.3) is 0 Å². The maximum absolute atomic E-state index is 9.41. The smallest absolute Gasteiger partial charge is 0.121 e. The molecule has 2 aromatic carbocycles. The number of hydrogen-bond acceptors (Lipinski definition) is 2. The molecule has 19 heavy (non-hydrogen) atoms. The lowest BCUT2D eigenvalue weighted by atomic mass is 10.1. The fraction of sp³-hybridized carbons (Fsp3) is 0.294. The minimum absolute atomic E-state index is 0.194. The molecule has 0 heterocycles. The zero-order valence-electron chi connectivity index (χ0n) is 11.4. The van der Waals surface area contributed by atoms with Crippen LogP contribution in [0.4, 0.5) is 0 Å². The van der Waals surface area contributed by atoms with E-state index in [1.165, 1.54) is 11.1 Å². The summed E-state index contributed by atoms with van der Waals surface area (Å²) in [6, 6.07) is 18.4. The van der Waals surface area contributed by atoms with Gasteiger partial charge in [-0.15, -0.1) is 0 Å². The minimum Gasteiger partial charge on any atom is -0.488 e. The van der Waals surface area contributed by atoms with Crippen LogP contribution in [0.2, 0.25) is 0 Å². The predicted octanol–water partition coefficient (Wildman–Crippen LogP) is 3.43. The van der Waals surface area contributed by atoms with Crippen molar-refractivity contribution in [3.05, 3.63) is 65.7 Å². The maximum atomic E-state index is 9.41. The quantitative estimate of drug-likeness (QED) is 0.888. The average Bonchev–Trinajstić information content (AvgIpc) is 2.42. The predicted molar refractivity (Wildman–Crippen MR) is 77.5 cm³/mol. The van der Waals surface area contributed by atoms with E-state index < -0.39 is 6.10 Å². The summed E-state index contributed by atoms with van der Waals surface area (Å²) >= 11 is 0. The van der Waals surface area contributed by atoms with E-state index in [9.17, 15) is 5.11 Å². The molecule has 0 bridgehead atoms. The Kier molecular flexibility index (Phi) is 4.58. The van der Waals surface area contributed by atoms with Crippen molar-refractivity contribution in [2.24, 2.45) is 0 Å². The van der Waals surface area contributed by atoms with E-state index >= 15 is 0 Å². The van der Waals surface area contributed by atoms with Crippen molar-refractivity contribution in [2.45, 2.75) is 32.5 Å². The highest BCUT2D eigenvalue weighted by Crippen LogP contribution is 2.17. The second-order valence-corrected chi connectivity index (χ2v) is 4.87. The molecule has 0 radical (unpaired) electrons. The van der Waals surface area contributed by atoms with Crippen LogP contribution in [-0.2, 0) is 6.42 Å². The van der Waals surface area contributed by atoms with E-state index in [1.54, 1.807) is 6.92 Å². The van der Waals surface area contributed by atoms with Gasteiger partial charge in [0.1, 0.15) is 11.9 Å². The number of aliphatic hydroxyl groups excluding tert-OH is 1. The summed E-state index contributed by atoms with van der Waals surface area (Å²) in [5, 5.41) is 9.41. The van der Waals surface area contributed by atoms with Crippen LogP contribution < -0.4 is 4.74 Å². The van der Waals surface area contributed by atoms with Crippen molar-refractivity contribution < 1.29 is 9.84 Å². The summed E-state index contributed by atoms with van der Waals surface area (Å²) in [6.07, 6.45) is 0.261. The third kappa shape index (κ3) is 4.11. The summed E-state index contributed by atoms with van der Waals surface area (Å²) in [6.45, 7) is 3.59. The second kappa shape index (κ2) is 6.39. The molecule has 0 spiro atoms. The molecule has 0 fully saturated rings. The van der Waals surface area contributed by atoms with Gasteiger partial charge in [-0.1, -0.05) is 42.5 Å². The fourth-order valence-corrected chi connectivity index (χ4v) is 1.83. The van der Waals surface area contributed by atoms with Crippen LogP contribution in [0.5, 0.6) is 5.75 Å². The number of rotatable bonds is 5. The average molecular weight is 256 g/mol. The van der Waals surface area contributed by atoms with Crippen LogP contribution in [0, 0.1) is 0 Å². The highest BCUT2D eigenvalue weighted by molar-refractivity contribution is 5.31. The lowest BCUT2D eigenvalue weighted by Crippen LogP contribution is -2.25. The third-order valence-corrected chi connectivity index (χ3v) is 3.18. The molecule has 0 aliphatic rings. The van der Waals surface area contributed by atoms with Gasteiger partial charge in [0, 0.05) is 0 Å². The van der Waals surface area contributed by atoms with E-state index in [-0.39, 0.29) is 6.10 Å². The van der Waals surface area contributed by atoms with Crippen molar-refractivity contribution in [3.8, 4) is 5.75 Å².